The average Bonchev–Trinajstić information content (AvgIpc) is 3.30. The van der Waals surface area contributed by atoms with Crippen LogP contribution in [0, 0.1) is 0 Å². The zero-order chi connectivity index (χ0) is 17.2. The number of aromatic nitrogens is 5. The number of carbonyl (C=O) groups is 1. The van der Waals surface area contributed by atoms with Gasteiger partial charge in [-0.3, -0.25) is 14.5 Å². The zero-order valence-electron chi connectivity index (χ0n) is 14.0. The molecule has 1 saturated heterocycles. The van der Waals surface area contributed by atoms with Crippen molar-refractivity contribution in [1.29, 1.82) is 0 Å². The highest BCUT2D eigenvalue weighted by molar-refractivity contribution is 5.95. The molecule has 1 fully saturated rings. The fraction of sp³-hybridized carbons (Fsp3) is 0.353. The average molecular weight is 337 g/mol. The van der Waals surface area contributed by atoms with E-state index in [4.69, 9.17) is 0 Å². The molecular formula is C17H19N7O. The van der Waals surface area contributed by atoms with Crippen molar-refractivity contribution in [1.82, 2.24) is 30.0 Å². The van der Waals surface area contributed by atoms with Gasteiger partial charge < -0.3 is 10.2 Å². The third-order valence-electron chi connectivity index (χ3n) is 4.36. The lowest BCUT2D eigenvalue weighted by Gasteiger charge is -2.17. The first-order valence-electron chi connectivity index (χ1n) is 8.34. The Bertz CT molecular complexity index is 900. The van der Waals surface area contributed by atoms with Crippen LogP contribution < -0.4 is 10.2 Å². The molecule has 0 saturated carbocycles. The molecule has 4 rings (SSSR count). The molecule has 3 aromatic rings. The quantitative estimate of drug-likeness (QED) is 0.772. The lowest BCUT2D eigenvalue weighted by Crippen LogP contribution is -2.27. The predicted molar refractivity (Wildman–Crippen MR) is 93.2 cm³/mol. The van der Waals surface area contributed by atoms with Crippen molar-refractivity contribution in [2.24, 2.45) is 7.05 Å². The van der Waals surface area contributed by atoms with Crippen molar-refractivity contribution in [3.8, 4) is 0 Å². The first-order valence-corrected chi connectivity index (χ1v) is 8.34. The van der Waals surface area contributed by atoms with E-state index in [2.05, 4.69) is 30.3 Å². The van der Waals surface area contributed by atoms with E-state index in [1.807, 2.05) is 19.2 Å². The van der Waals surface area contributed by atoms with Crippen LogP contribution in [0.1, 0.15) is 29.0 Å². The number of carbonyl (C=O) groups excluding carboxylic acids is 1. The molecule has 4 heterocycles. The predicted octanol–water partition coefficient (Wildman–Crippen LogP) is 1.29. The van der Waals surface area contributed by atoms with Gasteiger partial charge in [-0.05, 0) is 24.5 Å². The van der Waals surface area contributed by atoms with E-state index in [9.17, 15) is 4.79 Å². The summed E-state index contributed by atoms with van der Waals surface area (Å²) in [4.78, 5) is 27.8. The molecular weight excluding hydrogens is 318 g/mol. The Kier molecular flexibility index (Phi) is 4.01. The molecule has 8 nitrogen and oxygen atoms in total. The minimum atomic E-state index is -0.299. The molecule has 8 heteroatoms. The minimum Gasteiger partial charge on any atom is -0.356 e. The van der Waals surface area contributed by atoms with Gasteiger partial charge in [-0.2, -0.15) is 5.10 Å². The molecule has 1 N–H and O–H groups in total. The van der Waals surface area contributed by atoms with Crippen LogP contribution in [0.3, 0.4) is 0 Å². The van der Waals surface area contributed by atoms with Crippen LogP contribution in [-0.2, 0) is 13.6 Å². The number of fused-ring (bicyclic) bond motifs is 1. The highest BCUT2D eigenvalue weighted by Gasteiger charge is 2.22. The molecule has 3 aromatic heterocycles. The highest BCUT2D eigenvalue weighted by Crippen LogP contribution is 2.26. The van der Waals surface area contributed by atoms with Crippen molar-refractivity contribution in [2.45, 2.75) is 19.4 Å². The fourth-order valence-corrected chi connectivity index (χ4v) is 3.04. The number of nitrogens with zero attached hydrogens (tertiary/aromatic N) is 6. The molecule has 0 bridgehead atoms. The molecule has 25 heavy (non-hydrogen) atoms. The van der Waals surface area contributed by atoms with Gasteiger partial charge in [0, 0.05) is 39.1 Å². The van der Waals surface area contributed by atoms with Gasteiger partial charge in [0.25, 0.3) is 5.91 Å². The Morgan fingerprint density at radius 3 is 2.84 bits per heavy atom. The second-order valence-corrected chi connectivity index (χ2v) is 6.11. The maximum absolute atomic E-state index is 12.6. The summed E-state index contributed by atoms with van der Waals surface area (Å²) in [5.41, 5.74) is 1.60. The van der Waals surface area contributed by atoms with E-state index in [0.29, 0.717) is 12.2 Å². The standard InChI is InChI=1S/C17H19N7O/c1-23-15-13(11-20-23)16(24-7-2-3-8-24)22-14(21-15)17(25)19-10-12-5-4-6-18-9-12/h4-6,9,11H,2-3,7-8,10H2,1H3,(H,19,25). The molecule has 1 amide bonds. The normalized spacial score (nSPS) is 14.2. The molecule has 0 spiro atoms. The van der Waals surface area contributed by atoms with Gasteiger partial charge >= 0.3 is 0 Å². The second-order valence-electron chi connectivity index (χ2n) is 6.11. The molecule has 0 radical (unpaired) electrons. The Labute approximate surface area is 144 Å². The third-order valence-corrected chi connectivity index (χ3v) is 4.36. The number of amides is 1. The lowest BCUT2D eigenvalue weighted by molar-refractivity contribution is 0.0941. The fourth-order valence-electron chi connectivity index (χ4n) is 3.04. The van der Waals surface area contributed by atoms with Crippen molar-refractivity contribution >= 4 is 22.8 Å². The van der Waals surface area contributed by atoms with E-state index < -0.39 is 0 Å². The Hall–Kier alpha value is -3.03. The maximum Gasteiger partial charge on any atom is 0.289 e. The molecule has 1 aliphatic heterocycles. The topological polar surface area (TPSA) is 88.8 Å². The number of hydrogen-bond donors (Lipinski definition) is 1. The lowest BCUT2D eigenvalue weighted by atomic mass is 10.3. The van der Waals surface area contributed by atoms with Crippen LogP contribution in [0.15, 0.2) is 30.7 Å². The molecule has 0 aliphatic carbocycles. The highest BCUT2D eigenvalue weighted by atomic mass is 16.2. The summed E-state index contributed by atoms with van der Waals surface area (Å²) in [7, 11) is 1.82. The van der Waals surface area contributed by atoms with Gasteiger partial charge in [0.1, 0.15) is 5.82 Å². The number of nitrogens with one attached hydrogen (secondary N) is 1. The number of pyridine rings is 1. The van der Waals surface area contributed by atoms with Crippen LogP contribution in [0.5, 0.6) is 0 Å². The summed E-state index contributed by atoms with van der Waals surface area (Å²) in [6.07, 6.45) is 7.46. The summed E-state index contributed by atoms with van der Waals surface area (Å²) in [6, 6.07) is 3.75. The van der Waals surface area contributed by atoms with E-state index in [1.54, 1.807) is 23.3 Å². The molecule has 0 unspecified atom stereocenters. The first kappa shape index (κ1) is 15.5. The van der Waals surface area contributed by atoms with E-state index >= 15 is 0 Å². The largest absolute Gasteiger partial charge is 0.356 e. The molecule has 1 aliphatic rings. The van der Waals surface area contributed by atoms with E-state index in [1.165, 1.54) is 0 Å². The van der Waals surface area contributed by atoms with Crippen molar-refractivity contribution < 1.29 is 4.79 Å². The van der Waals surface area contributed by atoms with Crippen LogP contribution in [0.2, 0.25) is 0 Å². The smallest absolute Gasteiger partial charge is 0.289 e. The zero-order valence-corrected chi connectivity index (χ0v) is 14.0. The van der Waals surface area contributed by atoms with Crippen molar-refractivity contribution in [3.05, 3.63) is 42.1 Å². The van der Waals surface area contributed by atoms with Crippen LogP contribution in [0.4, 0.5) is 5.82 Å². The van der Waals surface area contributed by atoms with Crippen molar-refractivity contribution in [2.75, 3.05) is 18.0 Å². The number of anilines is 1. The Balaban J connectivity index is 1.64. The summed E-state index contributed by atoms with van der Waals surface area (Å²) in [5, 5.41) is 8.01. The first-order chi connectivity index (χ1) is 12.2. The van der Waals surface area contributed by atoms with Crippen LogP contribution >= 0.6 is 0 Å². The summed E-state index contributed by atoms with van der Waals surface area (Å²) < 4.78 is 1.68. The molecule has 128 valence electrons. The number of rotatable bonds is 4. The SMILES string of the molecule is Cn1ncc2c(N3CCCC3)nc(C(=O)NCc3cccnc3)nc21. The summed E-state index contributed by atoms with van der Waals surface area (Å²) in [6.45, 7) is 2.27. The summed E-state index contributed by atoms with van der Waals surface area (Å²) >= 11 is 0. The summed E-state index contributed by atoms with van der Waals surface area (Å²) in [5.74, 6) is 0.663. The maximum atomic E-state index is 12.6. The number of hydrogen-bond acceptors (Lipinski definition) is 6. The van der Waals surface area contributed by atoms with Gasteiger partial charge in [-0.15, -0.1) is 0 Å². The minimum absolute atomic E-state index is 0.168. The Morgan fingerprint density at radius 1 is 1.24 bits per heavy atom. The van der Waals surface area contributed by atoms with Gasteiger partial charge in [0.15, 0.2) is 5.65 Å². The molecule has 0 atom stereocenters. The number of aryl methyl sites for hydroxylation is 1. The molecule has 0 aromatic carbocycles. The van der Waals surface area contributed by atoms with Crippen molar-refractivity contribution in [3.63, 3.8) is 0 Å². The Morgan fingerprint density at radius 2 is 2.08 bits per heavy atom. The monoisotopic (exact) mass is 337 g/mol. The van der Waals surface area contributed by atoms with E-state index in [-0.39, 0.29) is 11.7 Å². The van der Waals surface area contributed by atoms with Gasteiger partial charge in [-0.25, -0.2) is 9.97 Å². The van der Waals surface area contributed by atoms with Gasteiger partial charge in [0.2, 0.25) is 5.82 Å². The van der Waals surface area contributed by atoms with Gasteiger partial charge in [0.05, 0.1) is 11.6 Å². The van der Waals surface area contributed by atoms with Gasteiger partial charge in [-0.1, -0.05) is 6.07 Å². The third kappa shape index (κ3) is 3.02. The second kappa shape index (κ2) is 6.46. The van der Waals surface area contributed by atoms with Crippen LogP contribution in [-0.4, -0.2) is 43.7 Å². The van der Waals surface area contributed by atoms with Crippen LogP contribution in [0.25, 0.3) is 11.0 Å². The van der Waals surface area contributed by atoms with E-state index in [0.717, 1.165) is 42.7 Å².